The van der Waals surface area contributed by atoms with Crippen molar-refractivity contribution in [2.75, 3.05) is 5.75 Å². The van der Waals surface area contributed by atoms with Gasteiger partial charge in [-0.25, -0.2) is 0 Å². The van der Waals surface area contributed by atoms with Crippen molar-refractivity contribution in [1.82, 2.24) is 0 Å². The summed E-state index contributed by atoms with van der Waals surface area (Å²) in [4.78, 5) is 10.2. The summed E-state index contributed by atoms with van der Waals surface area (Å²) in [5, 5.41) is 3.44. The first-order valence-electron chi connectivity index (χ1n) is 1.70. The average Bonchev–Trinajstić information content (AvgIpc) is 1.87. The topological polar surface area (TPSA) is 31.2 Å². The van der Waals surface area contributed by atoms with Crippen LogP contribution in [-0.4, -0.2) is 16.0 Å². The van der Waals surface area contributed by atoms with E-state index in [2.05, 4.69) is 17.5 Å². The van der Waals surface area contributed by atoms with Gasteiger partial charge < -0.3 is 10.1 Å². The van der Waals surface area contributed by atoms with Crippen molar-refractivity contribution in [2.45, 2.75) is 0 Å². The third-order valence-corrected chi connectivity index (χ3v) is 1.71. The van der Waals surface area contributed by atoms with Gasteiger partial charge in [-0.05, 0) is 4.32 Å². The fourth-order valence-corrected chi connectivity index (χ4v) is 1.05. The molecule has 6 heteroatoms. The van der Waals surface area contributed by atoms with Crippen molar-refractivity contribution < 1.29 is 41.3 Å². The Hall–Kier alpha value is 1.05. The molecule has 47 valence electrons. The van der Waals surface area contributed by atoms with Crippen LogP contribution in [0.3, 0.4) is 0 Å². The average molecular weight is 253 g/mol. The Balaban J connectivity index is 0. The number of hydrogen-bond donors (Lipinski definition) is 0. The summed E-state index contributed by atoms with van der Waals surface area (Å²) < 4.78 is 0.477. The molecule has 1 rings (SSSR count). The van der Waals surface area contributed by atoms with E-state index in [0.29, 0.717) is 10.1 Å². The predicted molar refractivity (Wildman–Crippen MR) is 33.4 cm³/mol. The first-order valence-corrected chi connectivity index (χ1v) is 3.10. The smallest absolute Gasteiger partial charge is 0.0658 e. The van der Waals surface area contributed by atoms with Crippen LogP contribution in [0.5, 0.6) is 0 Å². The monoisotopic (exact) mass is 251 g/mol. The molecular weight excluding hydrogens is 251 g/mol. The van der Waals surface area contributed by atoms with Gasteiger partial charge in [0, 0.05) is 42.3 Å². The zero-order chi connectivity index (χ0) is 5.28. The molecule has 1 aliphatic rings. The van der Waals surface area contributed by atoms with Gasteiger partial charge in [0.25, 0.3) is 0 Å². The van der Waals surface area contributed by atoms with Gasteiger partial charge in [-0.2, -0.15) is 0 Å². The van der Waals surface area contributed by atoms with E-state index < -0.39 is 0 Å². The van der Waals surface area contributed by atoms with Crippen molar-refractivity contribution in [1.29, 1.82) is 0 Å². The molecule has 0 aromatic carbocycles. The van der Waals surface area contributed by atoms with Crippen LogP contribution in [0.1, 0.15) is 0 Å². The molecule has 0 saturated carbocycles. The summed E-state index contributed by atoms with van der Waals surface area (Å²) in [6.07, 6.45) is 0. The molecule has 2 nitrogen and oxygen atoms in total. The summed E-state index contributed by atoms with van der Waals surface area (Å²) >= 11 is 5.89. The zero-order valence-electron chi connectivity index (χ0n) is 4.46. The van der Waals surface area contributed by atoms with Crippen LogP contribution in [0.2, 0.25) is 0 Å². The van der Waals surface area contributed by atoms with Crippen molar-refractivity contribution in [2.24, 2.45) is 0 Å². The fraction of sp³-hybridized carbons (Fsp3) is 0.333. The van der Waals surface area contributed by atoms with Crippen molar-refractivity contribution in [3.8, 4) is 0 Å². The zero-order valence-corrected chi connectivity index (χ0v) is 10.2. The number of thioether (sulfide) groups is 1. The van der Waals surface area contributed by atoms with E-state index in [0.717, 1.165) is 0 Å². The Kier molecular flexibility index (Phi) is 8.20. The van der Waals surface area contributed by atoms with Crippen LogP contribution in [0.4, 0.5) is 0 Å². The Morgan fingerprint density at radius 1 is 1.67 bits per heavy atom. The number of carbonyl (C=O) groups is 1. The molecule has 0 aromatic rings. The summed E-state index contributed by atoms with van der Waals surface area (Å²) in [6, 6.07) is 0. The Morgan fingerprint density at radius 3 is 2.33 bits per heavy atom. The van der Waals surface area contributed by atoms with Crippen molar-refractivity contribution in [3.05, 3.63) is 5.32 Å². The van der Waals surface area contributed by atoms with Crippen LogP contribution in [0.25, 0.3) is 5.32 Å². The van der Waals surface area contributed by atoms with E-state index in [1.165, 1.54) is 11.8 Å². The van der Waals surface area contributed by atoms with Gasteiger partial charge in [0.1, 0.15) is 0 Å². The van der Waals surface area contributed by atoms with Crippen molar-refractivity contribution >= 4 is 34.2 Å². The van der Waals surface area contributed by atoms with Crippen molar-refractivity contribution in [3.63, 3.8) is 0 Å². The molecule has 9 heavy (non-hydrogen) atoms. The van der Waals surface area contributed by atoms with E-state index in [-0.39, 0.29) is 42.5 Å². The van der Waals surface area contributed by atoms with Gasteiger partial charge in [-0.1, -0.05) is 12.2 Å². The van der Waals surface area contributed by atoms with Crippen LogP contribution in [0.15, 0.2) is 0 Å². The minimum absolute atomic E-state index is 0. The van der Waals surface area contributed by atoms with E-state index in [1.807, 2.05) is 0 Å². The standard InChI is InChI=1S/C3H3NOS2.Mn.Zn/c5-2-1-7-3(6)4-2;;/h1H2,(H,4,5,6);;/p-1. The van der Waals surface area contributed by atoms with Crippen LogP contribution < -0.4 is 0 Å². The number of thiocarbonyl (C=S) groups is 1. The maximum absolute atomic E-state index is 10.2. The molecule has 0 aliphatic carbocycles. The van der Waals surface area contributed by atoms with Gasteiger partial charge in [0.2, 0.25) is 0 Å². The molecule has 1 amide bonds. The molecule has 1 fully saturated rings. The molecule has 0 aromatic heterocycles. The Bertz CT molecular complexity index is 117. The molecular formula is C3H2MnNOS2Zn-. The normalized spacial score (nSPS) is 15.6. The molecule has 1 heterocycles. The van der Waals surface area contributed by atoms with Gasteiger partial charge >= 0.3 is 0 Å². The molecule has 0 N–H and O–H groups in total. The molecule has 0 bridgehead atoms. The van der Waals surface area contributed by atoms with E-state index in [9.17, 15) is 4.79 Å². The number of rotatable bonds is 0. The molecule has 1 saturated heterocycles. The molecule has 1 aliphatic heterocycles. The second-order valence-corrected chi connectivity index (χ2v) is 2.67. The molecule has 1 radical (unpaired) electrons. The third-order valence-electron chi connectivity index (χ3n) is 0.535. The number of amides is 1. The summed E-state index contributed by atoms with van der Waals surface area (Å²) in [6.45, 7) is 0. The van der Waals surface area contributed by atoms with Gasteiger partial charge in [0.15, 0.2) is 0 Å². The maximum atomic E-state index is 10.2. The van der Waals surface area contributed by atoms with E-state index >= 15 is 0 Å². The SMILES string of the molecule is O=C1CSC(=S)[N-]1.[Mn].[Zn]. The molecule has 0 atom stereocenters. The minimum atomic E-state index is -0.102. The van der Waals surface area contributed by atoms with Gasteiger partial charge in [-0.15, -0.1) is 11.8 Å². The van der Waals surface area contributed by atoms with E-state index in [1.54, 1.807) is 0 Å². The van der Waals surface area contributed by atoms with Gasteiger partial charge in [0.05, 0.1) is 5.91 Å². The third kappa shape index (κ3) is 4.46. The van der Waals surface area contributed by atoms with Crippen LogP contribution >= 0.6 is 24.0 Å². The number of carbonyl (C=O) groups excluding carboxylic acids is 1. The number of nitrogens with zero attached hydrogens (tertiary/aromatic N) is 1. The summed E-state index contributed by atoms with van der Waals surface area (Å²) in [5.74, 6) is 0.341. The number of hydrogen-bond acceptors (Lipinski definition) is 3. The summed E-state index contributed by atoms with van der Waals surface area (Å²) in [5.41, 5.74) is 0. The Morgan fingerprint density at radius 2 is 2.22 bits per heavy atom. The van der Waals surface area contributed by atoms with Crippen LogP contribution in [0, 0.1) is 0 Å². The van der Waals surface area contributed by atoms with Gasteiger partial charge in [-0.3, -0.25) is 0 Å². The second-order valence-electron chi connectivity index (χ2n) is 1.06. The molecule has 0 unspecified atom stereocenters. The Labute approximate surface area is 86.1 Å². The quantitative estimate of drug-likeness (QED) is 0.474. The fourth-order valence-electron chi connectivity index (χ4n) is 0.290. The first kappa shape index (κ1) is 12.7. The van der Waals surface area contributed by atoms with E-state index in [4.69, 9.17) is 0 Å². The maximum Gasteiger partial charge on any atom is 0.0658 e. The first-order chi connectivity index (χ1) is 3.29. The summed E-state index contributed by atoms with van der Waals surface area (Å²) in [7, 11) is 0. The van der Waals surface area contributed by atoms with Crippen LogP contribution in [-0.2, 0) is 41.3 Å². The second kappa shape index (κ2) is 5.81. The largest absolute Gasteiger partial charge is 0.611 e. The molecule has 0 spiro atoms. The predicted octanol–water partition coefficient (Wildman–Crippen LogP) is 0.913. The minimum Gasteiger partial charge on any atom is -0.611 e.